The molecule has 1 aromatic carbocycles. The Labute approximate surface area is 148 Å². The van der Waals surface area contributed by atoms with E-state index >= 15 is 0 Å². The van der Waals surface area contributed by atoms with Crippen molar-refractivity contribution in [2.24, 2.45) is 0 Å². The van der Waals surface area contributed by atoms with Crippen molar-refractivity contribution in [3.63, 3.8) is 0 Å². The van der Waals surface area contributed by atoms with Crippen LogP contribution in [-0.4, -0.2) is 34.4 Å². The summed E-state index contributed by atoms with van der Waals surface area (Å²) in [6, 6.07) is 3.77. The zero-order valence-electron chi connectivity index (χ0n) is 11.8. The molecule has 0 aliphatic rings. The van der Waals surface area contributed by atoms with Gasteiger partial charge in [0.15, 0.2) is 4.34 Å². The third-order valence-electron chi connectivity index (χ3n) is 2.42. The predicted molar refractivity (Wildman–Crippen MR) is 89.3 cm³/mol. The van der Waals surface area contributed by atoms with Crippen molar-refractivity contribution in [3.8, 4) is 0 Å². The molecule has 2 aromatic rings. The monoisotopic (exact) mass is 419 g/mol. The number of anilines is 1. The number of amides is 1. The minimum Gasteiger partial charge on any atom is -0.465 e. The van der Waals surface area contributed by atoms with Crippen molar-refractivity contribution in [1.82, 2.24) is 10.2 Å². The number of benzene rings is 1. The first-order valence-corrected chi connectivity index (χ1v) is 8.97. The third-order valence-corrected chi connectivity index (χ3v) is 5.02. The number of nitrogens with one attached hydrogen (secondary N) is 1. The molecule has 0 bridgehead atoms. The Kier molecular flexibility index (Phi) is 6.48. The number of hydrogen-bond acceptors (Lipinski definition) is 7. The van der Waals surface area contributed by atoms with Crippen LogP contribution < -0.4 is 5.32 Å². The smallest absolute Gasteiger partial charge is 0.316 e. The molecule has 6 nitrogen and oxygen atoms in total. The van der Waals surface area contributed by atoms with Gasteiger partial charge in [-0.25, -0.2) is 4.39 Å². The first-order valence-electron chi connectivity index (χ1n) is 6.38. The van der Waals surface area contributed by atoms with Gasteiger partial charge in [-0.3, -0.25) is 14.9 Å². The molecule has 23 heavy (non-hydrogen) atoms. The van der Waals surface area contributed by atoms with E-state index in [9.17, 15) is 14.0 Å². The molecule has 10 heteroatoms. The quantitative estimate of drug-likeness (QED) is 0.439. The average molecular weight is 420 g/mol. The Bertz CT molecular complexity index is 726. The predicted octanol–water partition coefficient (Wildman–Crippen LogP) is 3.35. The second-order valence-electron chi connectivity index (χ2n) is 4.05. The lowest BCUT2D eigenvalue weighted by atomic mass is 10.2. The van der Waals surface area contributed by atoms with Crippen molar-refractivity contribution in [3.05, 3.63) is 34.1 Å². The summed E-state index contributed by atoms with van der Waals surface area (Å²) in [4.78, 5) is 23.4. The standard InChI is InChI=1S/C13H11BrFN3O3S2/c1-2-21-10(19)6-22-13-18-17-12(23-13)16-11(20)8-4-3-7(15)5-9(8)14/h3-5H,2,6H2,1H3,(H,16,17,20). The van der Waals surface area contributed by atoms with E-state index in [-0.39, 0.29) is 22.4 Å². The van der Waals surface area contributed by atoms with Crippen LogP contribution in [0, 0.1) is 5.82 Å². The summed E-state index contributed by atoms with van der Waals surface area (Å²) >= 11 is 5.45. The summed E-state index contributed by atoms with van der Waals surface area (Å²) in [5.74, 6) is -1.09. The van der Waals surface area contributed by atoms with Crippen molar-refractivity contribution in [2.45, 2.75) is 11.3 Å². The summed E-state index contributed by atoms with van der Waals surface area (Å²) in [7, 11) is 0. The van der Waals surface area contributed by atoms with Gasteiger partial charge in [-0.05, 0) is 41.1 Å². The fraction of sp³-hybridized carbons (Fsp3) is 0.231. The van der Waals surface area contributed by atoms with E-state index in [2.05, 4.69) is 31.4 Å². The fourth-order valence-corrected chi connectivity index (χ4v) is 3.56. The molecule has 1 aromatic heterocycles. The molecule has 0 fully saturated rings. The van der Waals surface area contributed by atoms with Crippen molar-refractivity contribution >= 4 is 56.0 Å². The number of rotatable bonds is 6. The van der Waals surface area contributed by atoms with Crippen molar-refractivity contribution < 1.29 is 18.7 Å². The summed E-state index contributed by atoms with van der Waals surface area (Å²) in [5.41, 5.74) is 0.280. The van der Waals surface area contributed by atoms with Gasteiger partial charge in [-0.15, -0.1) is 10.2 Å². The van der Waals surface area contributed by atoms with E-state index in [1.54, 1.807) is 6.92 Å². The van der Waals surface area contributed by atoms with Gasteiger partial charge in [0.25, 0.3) is 5.91 Å². The van der Waals surface area contributed by atoms with Crippen molar-refractivity contribution in [1.29, 1.82) is 0 Å². The zero-order chi connectivity index (χ0) is 16.8. The highest BCUT2D eigenvalue weighted by molar-refractivity contribution is 9.10. The Balaban J connectivity index is 1.96. The molecule has 0 aliphatic heterocycles. The van der Waals surface area contributed by atoms with Crippen LogP contribution in [0.4, 0.5) is 9.52 Å². The molecule has 0 unspecified atom stereocenters. The molecule has 0 spiro atoms. The van der Waals surface area contributed by atoms with Crippen LogP contribution in [0.2, 0.25) is 0 Å². The Morgan fingerprint density at radius 2 is 2.22 bits per heavy atom. The second kappa shape index (κ2) is 8.37. The maximum Gasteiger partial charge on any atom is 0.316 e. The number of hydrogen-bond donors (Lipinski definition) is 1. The number of nitrogens with zero attached hydrogens (tertiary/aromatic N) is 2. The number of ether oxygens (including phenoxy) is 1. The third kappa shape index (κ3) is 5.26. The molecular weight excluding hydrogens is 409 g/mol. The molecule has 0 aliphatic carbocycles. The highest BCUT2D eigenvalue weighted by Gasteiger charge is 2.14. The van der Waals surface area contributed by atoms with Gasteiger partial charge < -0.3 is 4.74 Å². The largest absolute Gasteiger partial charge is 0.465 e. The Morgan fingerprint density at radius 1 is 1.43 bits per heavy atom. The minimum atomic E-state index is -0.443. The van der Waals surface area contributed by atoms with E-state index in [1.165, 1.54) is 30.0 Å². The zero-order valence-corrected chi connectivity index (χ0v) is 15.1. The van der Waals surface area contributed by atoms with Crippen LogP contribution in [0.15, 0.2) is 27.0 Å². The van der Waals surface area contributed by atoms with Crippen LogP contribution in [0.3, 0.4) is 0 Å². The Hall–Kier alpha value is -1.52. The van der Waals surface area contributed by atoms with Gasteiger partial charge in [0, 0.05) is 4.47 Å². The van der Waals surface area contributed by atoms with Gasteiger partial charge in [-0.2, -0.15) is 0 Å². The highest BCUT2D eigenvalue weighted by atomic mass is 79.9. The maximum absolute atomic E-state index is 13.0. The van der Waals surface area contributed by atoms with E-state index in [4.69, 9.17) is 4.74 Å². The van der Waals surface area contributed by atoms with Gasteiger partial charge in [0.05, 0.1) is 17.9 Å². The summed E-state index contributed by atoms with van der Waals surface area (Å²) in [6.45, 7) is 2.05. The van der Waals surface area contributed by atoms with E-state index < -0.39 is 11.7 Å². The molecule has 1 heterocycles. The molecule has 2 rings (SSSR count). The number of halogens is 2. The number of thioether (sulfide) groups is 1. The molecular formula is C13H11BrFN3O3S2. The maximum atomic E-state index is 13.0. The van der Waals surface area contributed by atoms with E-state index in [0.29, 0.717) is 15.4 Å². The molecule has 1 N–H and O–H groups in total. The molecule has 1 amide bonds. The lowest BCUT2D eigenvalue weighted by molar-refractivity contribution is -0.139. The van der Waals surface area contributed by atoms with E-state index in [0.717, 1.165) is 11.3 Å². The first-order chi connectivity index (χ1) is 11.0. The normalized spacial score (nSPS) is 10.4. The summed E-state index contributed by atoms with van der Waals surface area (Å²) < 4.78 is 18.7. The molecule has 0 radical (unpaired) electrons. The van der Waals surface area contributed by atoms with E-state index in [1.807, 2.05) is 0 Å². The Morgan fingerprint density at radius 3 is 2.91 bits per heavy atom. The fourth-order valence-electron chi connectivity index (χ4n) is 1.48. The molecule has 0 atom stereocenters. The van der Waals surface area contributed by atoms with Gasteiger partial charge in [0.1, 0.15) is 5.82 Å². The molecule has 0 saturated heterocycles. The summed E-state index contributed by atoms with van der Waals surface area (Å²) in [6.07, 6.45) is 0. The minimum absolute atomic E-state index is 0.125. The highest BCUT2D eigenvalue weighted by Crippen LogP contribution is 2.26. The van der Waals surface area contributed by atoms with Crippen molar-refractivity contribution in [2.75, 3.05) is 17.7 Å². The summed E-state index contributed by atoms with van der Waals surface area (Å²) in [5, 5.41) is 10.6. The second-order valence-corrected chi connectivity index (χ2v) is 7.10. The van der Waals surface area contributed by atoms with Crippen LogP contribution in [0.1, 0.15) is 17.3 Å². The lowest BCUT2D eigenvalue weighted by Crippen LogP contribution is -2.12. The molecule has 0 saturated carbocycles. The average Bonchev–Trinajstić information content (AvgIpc) is 2.93. The number of esters is 1. The number of carbonyl (C=O) groups is 2. The first kappa shape index (κ1) is 17.8. The SMILES string of the molecule is CCOC(=O)CSc1nnc(NC(=O)c2ccc(F)cc2Br)s1. The van der Waals surface area contributed by atoms with Crippen LogP contribution in [0.5, 0.6) is 0 Å². The molecule has 122 valence electrons. The number of carbonyl (C=O) groups excluding carboxylic acids is 2. The van der Waals surface area contributed by atoms with Crippen LogP contribution in [0.25, 0.3) is 0 Å². The van der Waals surface area contributed by atoms with Gasteiger partial charge in [-0.1, -0.05) is 23.1 Å². The lowest BCUT2D eigenvalue weighted by Gasteiger charge is -2.03. The van der Waals surface area contributed by atoms with Gasteiger partial charge >= 0.3 is 5.97 Å². The van der Waals surface area contributed by atoms with Crippen LogP contribution >= 0.6 is 39.0 Å². The topological polar surface area (TPSA) is 81.2 Å². The van der Waals surface area contributed by atoms with Crippen LogP contribution in [-0.2, 0) is 9.53 Å². The number of aromatic nitrogens is 2. The van der Waals surface area contributed by atoms with Gasteiger partial charge in [0.2, 0.25) is 5.13 Å².